The van der Waals surface area contributed by atoms with Gasteiger partial charge >= 0.3 is 0 Å². The van der Waals surface area contributed by atoms with E-state index in [2.05, 4.69) is 10.3 Å². The smallest absolute Gasteiger partial charge is 0.228 e. The zero-order valence-corrected chi connectivity index (χ0v) is 11.1. The molecule has 0 aliphatic carbocycles. The van der Waals surface area contributed by atoms with Gasteiger partial charge in [0.2, 0.25) is 5.91 Å². The first-order chi connectivity index (χ1) is 8.58. The highest BCUT2D eigenvalue weighted by atomic mass is 32.1. The van der Waals surface area contributed by atoms with Crippen LogP contribution in [0.2, 0.25) is 0 Å². The number of amides is 1. The molecule has 1 amide bonds. The Labute approximate surface area is 110 Å². The van der Waals surface area contributed by atoms with E-state index in [9.17, 15) is 4.79 Å². The summed E-state index contributed by atoms with van der Waals surface area (Å²) >= 11 is 1.29. The molecule has 0 aliphatic heterocycles. The average Bonchev–Trinajstić information content (AvgIpc) is 2.71. The van der Waals surface area contributed by atoms with Gasteiger partial charge in [0, 0.05) is 11.5 Å². The van der Waals surface area contributed by atoms with E-state index < -0.39 is 0 Å². The van der Waals surface area contributed by atoms with Crippen molar-refractivity contribution in [2.75, 3.05) is 11.1 Å². The van der Waals surface area contributed by atoms with E-state index in [1.54, 1.807) is 0 Å². The molecule has 94 valence electrons. The highest BCUT2D eigenvalue weighted by Crippen LogP contribution is 2.33. The molecule has 2 aromatic rings. The second-order valence-corrected chi connectivity index (χ2v) is 5.27. The van der Waals surface area contributed by atoms with Crippen molar-refractivity contribution < 1.29 is 4.79 Å². The SMILES string of the molecule is CC(C)C(=O)Nc1nc(-c2ccccc2)c(N)s1. The largest absolute Gasteiger partial charge is 0.389 e. The molecule has 2 rings (SSSR count). The zero-order valence-electron chi connectivity index (χ0n) is 10.3. The maximum Gasteiger partial charge on any atom is 0.228 e. The predicted molar refractivity (Wildman–Crippen MR) is 75.4 cm³/mol. The van der Waals surface area contributed by atoms with E-state index in [0.29, 0.717) is 10.1 Å². The highest BCUT2D eigenvalue weighted by Gasteiger charge is 2.13. The van der Waals surface area contributed by atoms with Gasteiger partial charge in [-0.3, -0.25) is 4.79 Å². The van der Waals surface area contributed by atoms with E-state index in [4.69, 9.17) is 5.73 Å². The maximum atomic E-state index is 11.6. The van der Waals surface area contributed by atoms with Gasteiger partial charge in [0.05, 0.1) is 0 Å². The summed E-state index contributed by atoms with van der Waals surface area (Å²) in [5.41, 5.74) is 7.61. The summed E-state index contributed by atoms with van der Waals surface area (Å²) in [6, 6.07) is 9.69. The first-order valence-electron chi connectivity index (χ1n) is 5.70. The molecule has 0 fully saturated rings. The molecule has 1 heterocycles. The number of carbonyl (C=O) groups excluding carboxylic acids is 1. The molecule has 1 aromatic heterocycles. The number of nitrogens with zero attached hydrogens (tertiary/aromatic N) is 1. The Hall–Kier alpha value is -1.88. The summed E-state index contributed by atoms with van der Waals surface area (Å²) in [4.78, 5) is 15.9. The molecule has 0 atom stereocenters. The van der Waals surface area contributed by atoms with E-state index >= 15 is 0 Å². The molecule has 1 aromatic carbocycles. The molecule has 0 spiro atoms. The minimum absolute atomic E-state index is 0.0524. The molecule has 4 nitrogen and oxygen atoms in total. The third-order valence-electron chi connectivity index (χ3n) is 2.46. The van der Waals surface area contributed by atoms with Crippen LogP contribution < -0.4 is 11.1 Å². The summed E-state index contributed by atoms with van der Waals surface area (Å²) in [5.74, 6) is -0.126. The van der Waals surface area contributed by atoms with Crippen molar-refractivity contribution >= 4 is 27.4 Å². The summed E-state index contributed by atoms with van der Waals surface area (Å²) < 4.78 is 0. The van der Waals surface area contributed by atoms with Crippen LogP contribution in [0.4, 0.5) is 10.1 Å². The molecule has 0 radical (unpaired) electrons. The lowest BCUT2D eigenvalue weighted by molar-refractivity contribution is -0.118. The molecule has 0 saturated heterocycles. The van der Waals surface area contributed by atoms with E-state index in [0.717, 1.165) is 11.3 Å². The van der Waals surface area contributed by atoms with Gasteiger partial charge in [-0.1, -0.05) is 55.5 Å². The Balaban J connectivity index is 2.25. The van der Waals surface area contributed by atoms with E-state index in [-0.39, 0.29) is 11.8 Å². The van der Waals surface area contributed by atoms with Gasteiger partial charge in [-0.25, -0.2) is 4.98 Å². The molecule has 5 heteroatoms. The van der Waals surface area contributed by atoms with Crippen LogP contribution in [0.15, 0.2) is 30.3 Å². The van der Waals surface area contributed by atoms with Crippen LogP contribution >= 0.6 is 11.3 Å². The minimum atomic E-state index is -0.0738. The Morgan fingerprint density at radius 1 is 1.33 bits per heavy atom. The Morgan fingerprint density at radius 3 is 2.61 bits per heavy atom. The summed E-state index contributed by atoms with van der Waals surface area (Å²) in [7, 11) is 0. The van der Waals surface area contributed by atoms with E-state index in [1.165, 1.54) is 11.3 Å². The van der Waals surface area contributed by atoms with Gasteiger partial charge in [0.25, 0.3) is 0 Å². The predicted octanol–water partition coefficient (Wildman–Crippen LogP) is 2.99. The number of anilines is 2. The highest BCUT2D eigenvalue weighted by molar-refractivity contribution is 7.20. The molecule has 3 N–H and O–H groups in total. The number of aromatic nitrogens is 1. The first-order valence-corrected chi connectivity index (χ1v) is 6.52. The lowest BCUT2D eigenvalue weighted by atomic mass is 10.2. The van der Waals surface area contributed by atoms with Gasteiger partial charge in [-0.05, 0) is 0 Å². The minimum Gasteiger partial charge on any atom is -0.389 e. The quantitative estimate of drug-likeness (QED) is 0.892. The number of benzene rings is 1. The third-order valence-corrected chi connectivity index (χ3v) is 3.26. The first kappa shape index (κ1) is 12.6. The van der Waals surface area contributed by atoms with Gasteiger partial charge in [0.15, 0.2) is 5.13 Å². The number of nitrogen functional groups attached to an aromatic ring is 1. The van der Waals surface area contributed by atoms with E-state index in [1.807, 2.05) is 44.2 Å². The monoisotopic (exact) mass is 261 g/mol. The fourth-order valence-corrected chi connectivity index (χ4v) is 2.20. The van der Waals surface area contributed by atoms with Gasteiger partial charge < -0.3 is 11.1 Å². The van der Waals surface area contributed by atoms with Gasteiger partial charge in [-0.2, -0.15) is 0 Å². The molecule has 0 aliphatic rings. The summed E-state index contributed by atoms with van der Waals surface area (Å²) in [5, 5.41) is 3.92. The molecular formula is C13H15N3OS. The van der Waals surface area contributed by atoms with Crippen LogP contribution in [0.5, 0.6) is 0 Å². The van der Waals surface area contributed by atoms with Crippen molar-refractivity contribution in [1.29, 1.82) is 0 Å². The van der Waals surface area contributed by atoms with Crippen molar-refractivity contribution in [1.82, 2.24) is 4.98 Å². The van der Waals surface area contributed by atoms with Crippen molar-refractivity contribution in [3.05, 3.63) is 30.3 Å². The second-order valence-electron chi connectivity index (χ2n) is 4.24. The lowest BCUT2D eigenvalue weighted by Crippen LogP contribution is -2.17. The number of thiazole rings is 1. The van der Waals surface area contributed by atoms with Crippen LogP contribution in [0.3, 0.4) is 0 Å². The number of hydrogen-bond acceptors (Lipinski definition) is 4. The number of rotatable bonds is 3. The third kappa shape index (κ3) is 2.68. The van der Waals surface area contributed by atoms with Crippen LogP contribution in [0.1, 0.15) is 13.8 Å². The van der Waals surface area contributed by atoms with Crippen LogP contribution in [-0.2, 0) is 4.79 Å². The Kier molecular flexibility index (Phi) is 3.62. The van der Waals surface area contributed by atoms with Crippen molar-refractivity contribution in [3.8, 4) is 11.3 Å². The fourth-order valence-electron chi connectivity index (χ4n) is 1.44. The second kappa shape index (κ2) is 5.18. The molecule has 0 bridgehead atoms. The van der Waals surface area contributed by atoms with Crippen LogP contribution in [-0.4, -0.2) is 10.9 Å². The standard InChI is InChI=1S/C13H15N3OS/c1-8(2)12(17)16-13-15-10(11(14)18-13)9-6-4-3-5-7-9/h3-8H,14H2,1-2H3,(H,15,16,17). The zero-order chi connectivity index (χ0) is 13.1. The normalized spacial score (nSPS) is 10.6. The Bertz CT molecular complexity index is 549. The molecule has 18 heavy (non-hydrogen) atoms. The number of nitrogens with one attached hydrogen (secondary N) is 1. The fraction of sp³-hybridized carbons (Fsp3) is 0.231. The van der Waals surface area contributed by atoms with Crippen LogP contribution in [0.25, 0.3) is 11.3 Å². The molecular weight excluding hydrogens is 246 g/mol. The number of carbonyl (C=O) groups is 1. The van der Waals surface area contributed by atoms with Crippen LogP contribution in [0, 0.1) is 5.92 Å². The average molecular weight is 261 g/mol. The van der Waals surface area contributed by atoms with Gasteiger partial charge in [0.1, 0.15) is 10.7 Å². The van der Waals surface area contributed by atoms with Gasteiger partial charge in [-0.15, -0.1) is 0 Å². The number of hydrogen-bond donors (Lipinski definition) is 2. The van der Waals surface area contributed by atoms with Crippen molar-refractivity contribution in [2.24, 2.45) is 5.92 Å². The van der Waals surface area contributed by atoms with Crippen molar-refractivity contribution in [3.63, 3.8) is 0 Å². The topological polar surface area (TPSA) is 68.0 Å². The van der Waals surface area contributed by atoms with Crippen molar-refractivity contribution in [2.45, 2.75) is 13.8 Å². The summed E-state index contributed by atoms with van der Waals surface area (Å²) in [6.45, 7) is 3.68. The maximum absolute atomic E-state index is 11.6. The summed E-state index contributed by atoms with van der Waals surface area (Å²) in [6.07, 6.45) is 0. The molecule has 0 unspecified atom stereocenters. The molecule has 0 saturated carbocycles. The lowest BCUT2D eigenvalue weighted by Gasteiger charge is -2.03. The Morgan fingerprint density at radius 2 is 2.00 bits per heavy atom. The number of nitrogens with two attached hydrogens (primary N) is 1.